The maximum Gasteiger partial charge on any atom is 0.325 e. The van der Waals surface area contributed by atoms with E-state index in [1.807, 2.05) is 26.0 Å². The number of para-hydroxylation sites is 1. The van der Waals surface area contributed by atoms with Gasteiger partial charge in [0.1, 0.15) is 17.7 Å². The maximum absolute atomic E-state index is 12.1. The van der Waals surface area contributed by atoms with Crippen molar-refractivity contribution in [3.05, 3.63) is 41.6 Å². The maximum atomic E-state index is 12.1. The number of hydrogen-bond acceptors (Lipinski definition) is 4. The van der Waals surface area contributed by atoms with Crippen LogP contribution in [0.4, 0.5) is 5.69 Å². The lowest BCUT2D eigenvalue weighted by molar-refractivity contribution is -0.138. The van der Waals surface area contributed by atoms with Crippen molar-refractivity contribution in [2.75, 3.05) is 5.32 Å². The molecule has 0 aliphatic rings. The molecular weight excluding hydrogens is 282 g/mol. The Kier molecular flexibility index (Phi) is 6.14. The zero-order valence-corrected chi connectivity index (χ0v) is 12.8. The van der Waals surface area contributed by atoms with Gasteiger partial charge in [-0.15, -0.1) is 0 Å². The number of carbonyl (C=O) groups is 2. The van der Waals surface area contributed by atoms with E-state index in [0.29, 0.717) is 5.69 Å². The van der Waals surface area contributed by atoms with Gasteiger partial charge in [0.15, 0.2) is 0 Å². The lowest BCUT2D eigenvalue weighted by atomic mass is 10.0. The topological polar surface area (TPSA) is 102 Å². The number of carboxylic acids is 1. The first-order valence-electron chi connectivity index (χ1n) is 6.86. The minimum Gasteiger partial charge on any atom is -0.480 e. The molecule has 6 heteroatoms. The molecule has 6 nitrogen and oxygen atoms in total. The summed E-state index contributed by atoms with van der Waals surface area (Å²) in [5, 5.41) is 23.0. The van der Waals surface area contributed by atoms with Crippen molar-refractivity contribution >= 4 is 17.6 Å². The van der Waals surface area contributed by atoms with Crippen LogP contribution in [0.3, 0.4) is 0 Å². The van der Waals surface area contributed by atoms with Gasteiger partial charge in [0.05, 0.1) is 0 Å². The summed E-state index contributed by atoms with van der Waals surface area (Å²) in [4.78, 5) is 22.8. The summed E-state index contributed by atoms with van der Waals surface area (Å²) in [5.41, 5.74) is 1.40. The molecule has 0 radical (unpaired) electrons. The van der Waals surface area contributed by atoms with Crippen LogP contribution in [0.2, 0.25) is 0 Å². The van der Waals surface area contributed by atoms with Gasteiger partial charge in [0.25, 0.3) is 5.91 Å². The highest BCUT2D eigenvalue weighted by molar-refractivity contribution is 6.06. The van der Waals surface area contributed by atoms with Crippen LogP contribution < -0.4 is 10.6 Å². The van der Waals surface area contributed by atoms with Crippen molar-refractivity contribution in [1.82, 2.24) is 5.32 Å². The van der Waals surface area contributed by atoms with E-state index >= 15 is 0 Å². The number of amides is 1. The van der Waals surface area contributed by atoms with Gasteiger partial charge in [-0.05, 0) is 24.5 Å². The fourth-order valence-corrected chi connectivity index (χ4v) is 1.73. The van der Waals surface area contributed by atoms with E-state index in [9.17, 15) is 9.59 Å². The predicted molar refractivity (Wildman–Crippen MR) is 83.1 cm³/mol. The summed E-state index contributed by atoms with van der Waals surface area (Å²) in [5.74, 6) is -1.43. The smallest absolute Gasteiger partial charge is 0.325 e. The Morgan fingerprint density at radius 1 is 1.27 bits per heavy atom. The first-order valence-corrected chi connectivity index (χ1v) is 6.86. The zero-order valence-electron chi connectivity index (χ0n) is 12.8. The van der Waals surface area contributed by atoms with Crippen molar-refractivity contribution < 1.29 is 14.7 Å². The van der Waals surface area contributed by atoms with E-state index in [1.165, 1.54) is 6.92 Å². The molecule has 0 aromatic heterocycles. The third-order valence-corrected chi connectivity index (χ3v) is 3.04. The van der Waals surface area contributed by atoms with Crippen molar-refractivity contribution in [1.29, 1.82) is 5.26 Å². The molecule has 1 rings (SSSR count). The molecule has 1 aromatic carbocycles. The Labute approximate surface area is 129 Å². The number of benzene rings is 1. The first-order chi connectivity index (χ1) is 10.4. The fourth-order valence-electron chi connectivity index (χ4n) is 1.73. The van der Waals surface area contributed by atoms with Crippen molar-refractivity contribution in [3.8, 4) is 6.07 Å². The highest BCUT2D eigenvalue weighted by Crippen LogP contribution is 2.23. The summed E-state index contributed by atoms with van der Waals surface area (Å²) >= 11 is 0. The number of carbonyl (C=O) groups excluding carboxylic acids is 1. The number of hydrogen-bond donors (Lipinski definition) is 3. The van der Waals surface area contributed by atoms with Gasteiger partial charge in [-0.1, -0.05) is 32.0 Å². The number of carboxylic acid groups (broad SMARTS) is 1. The van der Waals surface area contributed by atoms with Crippen LogP contribution in [0, 0.1) is 11.3 Å². The number of aliphatic carboxylic acids is 1. The van der Waals surface area contributed by atoms with Crippen molar-refractivity contribution in [2.45, 2.75) is 32.7 Å². The molecule has 0 aliphatic carbocycles. The van der Waals surface area contributed by atoms with Crippen LogP contribution in [-0.2, 0) is 9.59 Å². The lowest BCUT2D eigenvalue weighted by Crippen LogP contribution is -2.30. The fraction of sp³-hybridized carbons (Fsp3) is 0.312. The molecule has 0 saturated carbocycles. The summed E-state index contributed by atoms with van der Waals surface area (Å²) in [7, 11) is 0. The first kappa shape index (κ1) is 17.2. The standard InChI is InChI=1S/C16H19N3O3/c1-10(2)13-6-4-5-7-14(13)19-15(20)12(8-17)9-18-11(3)16(21)22/h4-7,9-11,18H,1-3H3,(H,19,20)(H,21,22)/b12-9-. The van der Waals surface area contributed by atoms with Gasteiger partial charge in [-0.3, -0.25) is 9.59 Å². The summed E-state index contributed by atoms with van der Waals surface area (Å²) < 4.78 is 0. The number of anilines is 1. The van der Waals surface area contributed by atoms with E-state index in [-0.39, 0.29) is 11.5 Å². The summed E-state index contributed by atoms with van der Waals surface area (Å²) in [6, 6.07) is 8.20. The Bertz CT molecular complexity index is 630. The van der Waals surface area contributed by atoms with E-state index in [1.54, 1.807) is 18.2 Å². The molecule has 0 spiro atoms. The Balaban J connectivity index is 2.89. The summed E-state index contributed by atoms with van der Waals surface area (Å²) in [6.45, 7) is 5.42. The van der Waals surface area contributed by atoms with Gasteiger partial charge in [0, 0.05) is 11.9 Å². The molecule has 0 aliphatic heterocycles. The largest absolute Gasteiger partial charge is 0.480 e. The third-order valence-electron chi connectivity index (χ3n) is 3.04. The molecule has 1 unspecified atom stereocenters. The number of nitrogens with zero attached hydrogens (tertiary/aromatic N) is 1. The number of rotatable bonds is 6. The van der Waals surface area contributed by atoms with Gasteiger partial charge < -0.3 is 15.7 Å². The van der Waals surface area contributed by atoms with E-state index in [4.69, 9.17) is 10.4 Å². The molecule has 22 heavy (non-hydrogen) atoms. The predicted octanol–water partition coefficient (Wildman–Crippen LogP) is 2.22. The molecular formula is C16H19N3O3. The Morgan fingerprint density at radius 2 is 1.91 bits per heavy atom. The minimum absolute atomic E-state index is 0.188. The molecule has 0 saturated heterocycles. The van der Waals surface area contributed by atoms with E-state index in [0.717, 1.165) is 11.8 Å². The zero-order chi connectivity index (χ0) is 16.7. The average molecular weight is 301 g/mol. The average Bonchev–Trinajstić information content (AvgIpc) is 2.47. The second kappa shape index (κ2) is 7.84. The molecule has 0 heterocycles. The van der Waals surface area contributed by atoms with Crippen LogP contribution in [0.15, 0.2) is 36.0 Å². The number of nitriles is 1. The van der Waals surface area contributed by atoms with Crippen molar-refractivity contribution in [3.63, 3.8) is 0 Å². The van der Waals surface area contributed by atoms with Crippen LogP contribution in [0.5, 0.6) is 0 Å². The Hall–Kier alpha value is -2.81. The van der Waals surface area contributed by atoms with Crippen LogP contribution in [-0.4, -0.2) is 23.0 Å². The summed E-state index contributed by atoms with van der Waals surface area (Å²) in [6.07, 6.45) is 1.12. The van der Waals surface area contributed by atoms with Gasteiger partial charge in [-0.2, -0.15) is 5.26 Å². The highest BCUT2D eigenvalue weighted by atomic mass is 16.4. The monoisotopic (exact) mass is 301 g/mol. The van der Waals surface area contributed by atoms with Gasteiger partial charge in [0.2, 0.25) is 0 Å². The number of nitrogens with one attached hydrogen (secondary N) is 2. The molecule has 1 aromatic rings. The van der Waals surface area contributed by atoms with E-state index < -0.39 is 17.9 Å². The second-order valence-electron chi connectivity index (χ2n) is 5.09. The van der Waals surface area contributed by atoms with Crippen LogP contribution in [0.1, 0.15) is 32.3 Å². The minimum atomic E-state index is -1.07. The highest BCUT2D eigenvalue weighted by Gasteiger charge is 2.14. The van der Waals surface area contributed by atoms with Crippen molar-refractivity contribution in [2.24, 2.45) is 0 Å². The second-order valence-corrected chi connectivity index (χ2v) is 5.09. The SMILES string of the molecule is CC(N/C=C(/C#N)C(=O)Nc1ccccc1C(C)C)C(=O)O. The van der Waals surface area contributed by atoms with Crippen LogP contribution in [0.25, 0.3) is 0 Å². The van der Waals surface area contributed by atoms with Gasteiger partial charge >= 0.3 is 5.97 Å². The van der Waals surface area contributed by atoms with Gasteiger partial charge in [-0.25, -0.2) is 0 Å². The molecule has 1 atom stereocenters. The molecule has 0 bridgehead atoms. The van der Waals surface area contributed by atoms with Crippen LogP contribution >= 0.6 is 0 Å². The molecule has 0 fully saturated rings. The third kappa shape index (κ3) is 4.63. The Morgan fingerprint density at radius 3 is 2.45 bits per heavy atom. The normalized spacial score (nSPS) is 12.4. The molecule has 1 amide bonds. The van der Waals surface area contributed by atoms with E-state index in [2.05, 4.69) is 10.6 Å². The quantitative estimate of drug-likeness (QED) is 0.552. The lowest BCUT2D eigenvalue weighted by Gasteiger charge is -2.13. The molecule has 3 N–H and O–H groups in total. The molecule has 116 valence electrons.